The van der Waals surface area contributed by atoms with Crippen LogP contribution < -0.4 is 0 Å². The lowest BCUT2D eigenvalue weighted by atomic mass is 10.0. The Hall–Kier alpha value is -0.770. The van der Waals surface area contributed by atoms with Crippen LogP contribution in [0.3, 0.4) is 0 Å². The van der Waals surface area contributed by atoms with E-state index in [0.29, 0.717) is 0 Å². The van der Waals surface area contributed by atoms with Crippen LogP contribution in [0, 0.1) is 17.8 Å². The maximum atomic E-state index is 9.68. The zero-order valence-corrected chi connectivity index (χ0v) is 3.27. The Balaban J connectivity index is 2.48. The van der Waals surface area contributed by atoms with E-state index in [-0.39, 0.29) is 5.92 Å². The summed E-state index contributed by atoms with van der Waals surface area (Å²) < 4.78 is 0. The highest BCUT2D eigenvalue weighted by Gasteiger charge is 2.04. The van der Waals surface area contributed by atoms with E-state index in [1.165, 1.54) is 0 Å². The summed E-state index contributed by atoms with van der Waals surface area (Å²) in [6, 6.07) is 0. The van der Waals surface area contributed by atoms with Crippen molar-refractivity contribution < 1.29 is 4.79 Å². The molecular weight excluding hydrogens is 76.1 g/mol. The van der Waals surface area contributed by atoms with Crippen LogP contribution in [0.2, 0.25) is 0 Å². The standard InChI is InChI=1S/C5H4O/c6-4-5-2-1-3-5/h4-5H,2H2. The van der Waals surface area contributed by atoms with Crippen molar-refractivity contribution in [1.29, 1.82) is 0 Å². The molecule has 1 atom stereocenters. The van der Waals surface area contributed by atoms with Gasteiger partial charge in [0.15, 0.2) is 0 Å². The quantitative estimate of drug-likeness (QED) is 0.325. The van der Waals surface area contributed by atoms with Crippen LogP contribution in [-0.2, 0) is 4.79 Å². The van der Waals surface area contributed by atoms with Gasteiger partial charge in [0.2, 0.25) is 0 Å². The Morgan fingerprint density at radius 3 is 2.50 bits per heavy atom. The maximum absolute atomic E-state index is 9.68. The Labute approximate surface area is 36.4 Å². The van der Waals surface area contributed by atoms with E-state index in [1.807, 2.05) is 0 Å². The fourth-order valence-corrected chi connectivity index (χ4v) is 0.302. The smallest absolute Gasteiger partial charge is 0.135 e. The summed E-state index contributed by atoms with van der Waals surface area (Å²) in [7, 11) is 0. The zero-order valence-electron chi connectivity index (χ0n) is 3.27. The van der Waals surface area contributed by atoms with E-state index in [9.17, 15) is 4.79 Å². The first-order chi connectivity index (χ1) is 2.93. The second-order valence-electron chi connectivity index (χ2n) is 1.27. The molecule has 1 rings (SSSR count). The molecule has 0 spiro atoms. The van der Waals surface area contributed by atoms with E-state index in [0.717, 1.165) is 12.7 Å². The Morgan fingerprint density at radius 1 is 1.83 bits per heavy atom. The SMILES string of the molecule is O=CC1C#CC1. The summed E-state index contributed by atoms with van der Waals surface area (Å²) in [6.45, 7) is 0. The second-order valence-corrected chi connectivity index (χ2v) is 1.27. The molecule has 0 bridgehead atoms. The molecule has 0 fully saturated rings. The number of hydrogen-bond acceptors (Lipinski definition) is 1. The molecule has 6 heavy (non-hydrogen) atoms. The highest BCUT2D eigenvalue weighted by molar-refractivity contribution is 5.62. The monoisotopic (exact) mass is 80.0 g/mol. The molecule has 0 aromatic rings. The minimum atomic E-state index is 0.0741. The lowest BCUT2D eigenvalue weighted by Gasteiger charge is -1.99. The number of carbonyl (C=O) groups excluding carboxylic acids is 1. The molecule has 1 aliphatic carbocycles. The molecule has 0 N–H and O–H groups in total. The predicted molar refractivity (Wildman–Crippen MR) is 21.9 cm³/mol. The van der Waals surface area contributed by atoms with Crippen molar-refractivity contribution in [2.45, 2.75) is 6.42 Å². The van der Waals surface area contributed by atoms with Crippen molar-refractivity contribution >= 4 is 6.29 Å². The summed E-state index contributed by atoms with van der Waals surface area (Å²) in [5, 5.41) is 0. The van der Waals surface area contributed by atoms with Crippen molar-refractivity contribution in [3.8, 4) is 11.8 Å². The van der Waals surface area contributed by atoms with Gasteiger partial charge in [0.25, 0.3) is 0 Å². The molecule has 0 saturated heterocycles. The number of rotatable bonds is 1. The third-order valence-corrected chi connectivity index (χ3v) is 0.774. The van der Waals surface area contributed by atoms with Crippen LogP contribution in [0.1, 0.15) is 6.42 Å². The van der Waals surface area contributed by atoms with Crippen LogP contribution in [0.25, 0.3) is 0 Å². The van der Waals surface area contributed by atoms with Gasteiger partial charge >= 0.3 is 0 Å². The Kier molecular flexibility index (Phi) is 0.648. The Morgan fingerprint density at radius 2 is 2.50 bits per heavy atom. The number of carbonyl (C=O) groups is 1. The van der Waals surface area contributed by atoms with Gasteiger partial charge in [-0.25, -0.2) is 0 Å². The minimum absolute atomic E-state index is 0.0741. The third kappa shape index (κ3) is 0.307. The van der Waals surface area contributed by atoms with Crippen LogP contribution in [0.4, 0.5) is 0 Å². The molecule has 30 valence electrons. The normalized spacial score (nSPS) is 26.3. The van der Waals surface area contributed by atoms with Gasteiger partial charge in [-0.3, -0.25) is 0 Å². The van der Waals surface area contributed by atoms with Crippen LogP contribution in [-0.4, -0.2) is 6.29 Å². The summed E-state index contributed by atoms with van der Waals surface area (Å²) >= 11 is 0. The highest BCUT2D eigenvalue weighted by Crippen LogP contribution is 2.02. The first-order valence-electron chi connectivity index (χ1n) is 1.87. The van der Waals surface area contributed by atoms with Crippen molar-refractivity contribution in [3.05, 3.63) is 0 Å². The molecule has 1 heteroatoms. The van der Waals surface area contributed by atoms with Gasteiger partial charge in [0.1, 0.15) is 6.29 Å². The van der Waals surface area contributed by atoms with Gasteiger partial charge in [0.05, 0.1) is 5.92 Å². The molecule has 0 aromatic carbocycles. The molecule has 1 unspecified atom stereocenters. The van der Waals surface area contributed by atoms with Crippen LogP contribution in [0.5, 0.6) is 0 Å². The molecule has 1 aliphatic rings. The van der Waals surface area contributed by atoms with E-state index in [4.69, 9.17) is 0 Å². The molecule has 0 amide bonds. The first-order valence-corrected chi connectivity index (χ1v) is 1.87. The van der Waals surface area contributed by atoms with E-state index < -0.39 is 0 Å². The average molecular weight is 80.1 g/mol. The largest absolute Gasteiger partial charge is 0.302 e. The van der Waals surface area contributed by atoms with Crippen LogP contribution in [0.15, 0.2) is 0 Å². The van der Waals surface area contributed by atoms with E-state index >= 15 is 0 Å². The van der Waals surface area contributed by atoms with E-state index in [2.05, 4.69) is 11.8 Å². The fourth-order valence-electron chi connectivity index (χ4n) is 0.302. The molecular formula is C5H4O. The summed E-state index contributed by atoms with van der Waals surface area (Å²) in [4.78, 5) is 9.68. The van der Waals surface area contributed by atoms with Gasteiger partial charge in [-0.2, -0.15) is 0 Å². The average Bonchev–Trinajstić information content (AvgIpc) is 1.31. The number of aldehydes is 1. The fraction of sp³-hybridized carbons (Fsp3) is 0.400. The molecule has 0 radical (unpaired) electrons. The molecule has 0 aliphatic heterocycles. The second kappa shape index (κ2) is 1.14. The third-order valence-electron chi connectivity index (χ3n) is 0.774. The topological polar surface area (TPSA) is 17.1 Å². The van der Waals surface area contributed by atoms with E-state index in [1.54, 1.807) is 0 Å². The lowest BCUT2D eigenvalue weighted by molar-refractivity contribution is -0.109. The van der Waals surface area contributed by atoms with Gasteiger partial charge in [0, 0.05) is 6.42 Å². The maximum Gasteiger partial charge on any atom is 0.135 e. The van der Waals surface area contributed by atoms with Gasteiger partial charge in [-0.15, -0.1) is 5.92 Å². The molecule has 0 saturated carbocycles. The minimum Gasteiger partial charge on any atom is -0.302 e. The predicted octanol–water partition coefficient (Wildman–Crippen LogP) is 0.209. The number of hydrogen-bond donors (Lipinski definition) is 0. The van der Waals surface area contributed by atoms with Crippen molar-refractivity contribution in [2.75, 3.05) is 0 Å². The molecule has 1 nitrogen and oxygen atoms in total. The van der Waals surface area contributed by atoms with Crippen LogP contribution >= 0.6 is 0 Å². The molecule has 0 aromatic heterocycles. The Bertz CT molecular complexity index is 116. The highest BCUT2D eigenvalue weighted by atomic mass is 16.1. The van der Waals surface area contributed by atoms with Crippen molar-refractivity contribution in [2.24, 2.45) is 5.92 Å². The lowest BCUT2D eigenvalue weighted by Crippen LogP contribution is -2.02. The summed E-state index contributed by atoms with van der Waals surface area (Å²) in [6.07, 6.45) is 1.67. The van der Waals surface area contributed by atoms with Crippen molar-refractivity contribution in [1.82, 2.24) is 0 Å². The zero-order chi connectivity index (χ0) is 4.41. The van der Waals surface area contributed by atoms with Gasteiger partial charge < -0.3 is 4.79 Å². The molecule has 0 heterocycles. The first kappa shape index (κ1) is 3.42. The van der Waals surface area contributed by atoms with Crippen molar-refractivity contribution in [3.63, 3.8) is 0 Å². The summed E-state index contributed by atoms with van der Waals surface area (Å²) in [5.74, 6) is 5.48. The summed E-state index contributed by atoms with van der Waals surface area (Å²) in [5.41, 5.74) is 0. The van der Waals surface area contributed by atoms with Gasteiger partial charge in [-0.05, 0) is 0 Å². The van der Waals surface area contributed by atoms with Gasteiger partial charge in [-0.1, -0.05) is 5.92 Å².